The lowest BCUT2D eigenvalue weighted by atomic mass is 9.99. The van der Waals surface area contributed by atoms with Gasteiger partial charge in [0.05, 0.1) is 4.90 Å². The number of aryl methyl sites for hydroxylation is 2. The van der Waals surface area contributed by atoms with E-state index in [9.17, 15) is 8.42 Å². The quantitative estimate of drug-likeness (QED) is 0.866. The second-order valence-electron chi connectivity index (χ2n) is 5.81. The number of sulfonamides is 1. The largest absolute Gasteiger partial charge is 0.276 e. The number of hydrogen-bond donors (Lipinski definition) is 1. The third kappa shape index (κ3) is 4.56. The van der Waals surface area contributed by atoms with E-state index in [1.807, 2.05) is 19.1 Å². The standard InChI is InChI=1S/C16H24N2O2S/c1-13-10-11-14(2)16(12-13)21(19,20)18-17-15-8-6-4-3-5-7-9-15/h10-12,18H,3-9H2,1-2H3. The van der Waals surface area contributed by atoms with Crippen molar-refractivity contribution < 1.29 is 8.42 Å². The lowest BCUT2D eigenvalue weighted by Crippen LogP contribution is -2.21. The van der Waals surface area contributed by atoms with E-state index in [2.05, 4.69) is 9.93 Å². The molecular formula is C16H24N2O2S. The molecule has 1 aromatic rings. The minimum absolute atomic E-state index is 0.317. The molecule has 2 rings (SSSR count). The number of benzene rings is 1. The van der Waals surface area contributed by atoms with E-state index < -0.39 is 10.0 Å². The molecule has 0 atom stereocenters. The third-order valence-corrected chi connectivity index (χ3v) is 5.24. The van der Waals surface area contributed by atoms with Crippen LogP contribution < -0.4 is 4.83 Å². The molecule has 0 radical (unpaired) electrons. The van der Waals surface area contributed by atoms with Crippen LogP contribution in [0.15, 0.2) is 28.2 Å². The third-order valence-electron chi connectivity index (χ3n) is 3.89. The SMILES string of the molecule is Cc1ccc(C)c(S(=O)(=O)NN=C2CCCCCCC2)c1. The summed E-state index contributed by atoms with van der Waals surface area (Å²) < 4.78 is 24.8. The van der Waals surface area contributed by atoms with Crippen molar-refractivity contribution in [3.8, 4) is 0 Å². The summed E-state index contributed by atoms with van der Waals surface area (Å²) in [6.45, 7) is 3.69. The lowest BCUT2D eigenvalue weighted by molar-refractivity contribution is 0.580. The smallest absolute Gasteiger partial charge is 0.200 e. The Morgan fingerprint density at radius 1 is 1.00 bits per heavy atom. The van der Waals surface area contributed by atoms with E-state index in [4.69, 9.17) is 0 Å². The molecular weight excluding hydrogens is 284 g/mol. The first kappa shape index (κ1) is 16.0. The average molecular weight is 308 g/mol. The van der Waals surface area contributed by atoms with E-state index in [0.717, 1.165) is 42.5 Å². The van der Waals surface area contributed by atoms with Gasteiger partial charge in [-0.15, -0.1) is 0 Å². The van der Waals surface area contributed by atoms with Crippen molar-refractivity contribution in [2.75, 3.05) is 0 Å². The fourth-order valence-electron chi connectivity index (χ4n) is 2.60. The van der Waals surface area contributed by atoms with Gasteiger partial charge < -0.3 is 0 Å². The number of nitrogens with one attached hydrogen (secondary N) is 1. The molecule has 0 saturated heterocycles. The Balaban J connectivity index is 2.14. The van der Waals surface area contributed by atoms with Gasteiger partial charge in [0, 0.05) is 5.71 Å². The Bertz CT molecular complexity index is 611. The summed E-state index contributed by atoms with van der Waals surface area (Å²) in [6.07, 6.45) is 7.70. The maximum atomic E-state index is 12.4. The van der Waals surface area contributed by atoms with Crippen LogP contribution in [-0.4, -0.2) is 14.1 Å². The molecule has 4 nitrogen and oxygen atoms in total. The first-order valence-corrected chi connectivity index (χ1v) is 9.12. The molecule has 1 aliphatic carbocycles. The van der Waals surface area contributed by atoms with E-state index in [1.165, 1.54) is 19.3 Å². The Hall–Kier alpha value is -1.36. The van der Waals surface area contributed by atoms with E-state index in [1.54, 1.807) is 13.0 Å². The minimum Gasteiger partial charge on any atom is -0.200 e. The van der Waals surface area contributed by atoms with Crippen LogP contribution in [0.2, 0.25) is 0 Å². The van der Waals surface area contributed by atoms with Crippen LogP contribution in [0.5, 0.6) is 0 Å². The molecule has 0 amide bonds. The molecule has 0 spiro atoms. The Kier molecular flexibility index (Phi) is 5.39. The summed E-state index contributed by atoms with van der Waals surface area (Å²) in [6, 6.07) is 5.43. The van der Waals surface area contributed by atoms with Crippen molar-refractivity contribution in [2.24, 2.45) is 5.10 Å². The lowest BCUT2D eigenvalue weighted by Gasteiger charge is -2.12. The zero-order chi connectivity index (χ0) is 15.3. The molecule has 116 valence electrons. The monoisotopic (exact) mass is 308 g/mol. The molecule has 1 aromatic carbocycles. The molecule has 0 aromatic heterocycles. The van der Waals surface area contributed by atoms with Gasteiger partial charge in [0.15, 0.2) is 0 Å². The Morgan fingerprint density at radius 3 is 2.29 bits per heavy atom. The van der Waals surface area contributed by atoms with Crippen molar-refractivity contribution in [1.29, 1.82) is 0 Å². The van der Waals surface area contributed by atoms with Crippen molar-refractivity contribution in [2.45, 2.75) is 63.7 Å². The second kappa shape index (κ2) is 7.07. The Labute approximate surface area is 127 Å². The molecule has 1 aliphatic rings. The number of hydrazone groups is 1. The summed E-state index contributed by atoms with van der Waals surface area (Å²) >= 11 is 0. The zero-order valence-electron chi connectivity index (χ0n) is 12.9. The fourth-order valence-corrected chi connectivity index (χ4v) is 3.78. The predicted octanol–water partition coefficient (Wildman–Crippen LogP) is 3.68. The molecule has 5 heteroatoms. The van der Waals surface area contributed by atoms with Crippen LogP contribution in [0.3, 0.4) is 0 Å². The summed E-state index contributed by atoms with van der Waals surface area (Å²) in [4.78, 5) is 2.74. The van der Waals surface area contributed by atoms with Gasteiger partial charge in [-0.1, -0.05) is 31.4 Å². The van der Waals surface area contributed by atoms with Crippen LogP contribution in [0.4, 0.5) is 0 Å². The van der Waals surface area contributed by atoms with Gasteiger partial charge in [-0.3, -0.25) is 0 Å². The maximum Gasteiger partial charge on any atom is 0.276 e. The van der Waals surface area contributed by atoms with Crippen LogP contribution >= 0.6 is 0 Å². The van der Waals surface area contributed by atoms with E-state index >= 15 is 0 Å². The van der Waals surface area contributed by atoms with Crippen LogP contribution in [0, 0.1) is 13.8 Å². The normalized spacial score (nSPS) is 17.0. The molecule has 0 aliphatic heterocycles. The van der Waals surface area contributed by atoms with Crippen LogP contribution in [-0.2, 0) is 10.0 Å². The summed E-state index contributed by atoms with van der Waals surface area (Å²) in [5.41, 5.74) is 2.65. The summed E-state index contributed by atoms with van der Waals surface area (Å²) in [5.74, 6) is 0. The number of hydrogen-bond acceptors (Lipinski definition) is 3. The first-order valence-electron chi connectivity index (χ1n) is 7.63. The van der Waals surface area contributed by atoms with Gasteiger partial charge in [0.2, 0.25) is 0 Å². The summed E-state index contributed by atoms with van der Waals surface area (Å²) in [7, 11) is -3.57. The van der Waals surface area contributed by atoms with Gasteiger partial charge in [-0.05, 0) is 56.7 Å². The maximum absolute atomic E-state index is 12.4. The van der Waals surface area contributed by atoms with Gasteiger partial charge in [0.1, 0.15) is 0 Å². The molecule has 0 bridgehead atoms. The number of nitrogens with zero attached hydrogens (tertiary/aromatic N) is 1. The topological polar surface area (TPSA) is 58.5 Å². The van der Waals surface area contributed by atoms with Crippen molar-refractivity contribution in [3.05, 3.63) is 29.3 Å². The highest BCUT2D eigenvalue weighted by molar-refractivity contribution is 7.89. The van der Waals surface area contributed by atoms with Gasteiger partial charge in [-0.25, -0.2) is 4.83 Å². The molecule has 0 unspecified atom stereocenters. The first-order chi connectivity index (χ1) is 9.99. The van der Waals surface area contributed by atoms with Crippen LogP contribution in [0.1, 0.15) is 56.1 Å². The van der Waals surface area contributed by atoms with Crippen molar-refractivity contribution >= 4 is 15.7 Å². The number of rotatable bonds is 3. The summed E-state index contributed by atoms with van der Waals surface area (Å²) in [5, 5.41) is 4.18. The fraction of sp³-hybridized carbons (Fsp3) is 0.562. The minimum atomic E-state index is -3.57. The zero-order valence-corrected chi connectivity index (χ0v) is 13.7. The predicted molar refractivity (Wildman–Crippen MR) is 86.0 cm³/mol. The van der Waals surface area contributed by atoms with E-state index in [0.29, 0.717) is 4.90 Å². The highest BCUT2D eigenvalue weighted by Crippen LogP contribution is 2.18. The second-order valence-corrected chi connectivity index (χ2v) is 7.44. The van der Waals surface area contributed by atoms with Crippen molar-refractivity contribution in [3.63, 3.8) is 0 Å². The van der Waals surface area contributed by atoms with Gasteiger partial charge in [-0.2, -0.15) is 13.5 Å². The highest BCUT2D eigenvalue weighted by Gasteiger charge is 2.16. The molecule has 1 N–H and O–H groups in total. The average Bonchev–Trinajstić information content (AvgIpc) is 2.40. The Morgan fingerprint density at radius 2 is 1.62 bits per heavy atom. The van der Waals surface area contributed by atoms with Crippen molar-refractivity contribution in [1.82, 2.24) is 4.83 Å². The molecule has 21 heavy (non-hydrogen) atoms. The molecule has 1 saturated carbocycles. The molecule has 1 fully saturated rings. The van der Waals surface area contributed by atoms with Crippen LogP contribution in [0.25, 0.3) is 0 Å². The molecule has 0 heterocycles. The van der Waals surface area contributed by atoms with Gasteiger partial charge >= 0.3 is 0 Å². The van der Waals surface area contributed by atoms with E-state index in [-0.39, 0.29) is 0 Å². The highest BCUT2D eigenvalue weighted by atomic mass is 32.2. The van der Waals surface area contributed by atoms with Gasteiger partial charge in [0.25, 0.3) is 10.0 Å².